The number of amides is 2. The molecule has 0 radical (unpaired) electrons. The maximum Gasteiger partial charge on any atom is 0.319 e. The number of carbonyl (C=O) groups excluding carboxylic acids is 1. The van der Waals surface area contributed by atoms with Crippen molar-refractivity contribution < 1.29 is 14.3 Å². The van der Waals surface area contributed by atoms with Crippen LogP contribution in [0.15, 0.2) is 18.2 Å². The first-order valence-electron chi connectivity index (χ1n) is 9.18. The topological polar surface area (TPSA) is 62.8 Å². The van der Waals surface area contributed by atoms with Gasteiger partial charge in [0.15, 0.2) is 0 Å². The Labute approximate surface area is 157 Å². The molecule has 2 atom stereocenters. The molecule has 1 aliphatic heterocycles. The molecule has 2 N–H and O–H groups in total. The van der Waals surface area contributed by atoms with Crippen LogP contribution in [-0.2, 0) is 10.2 Å². The third-order valence-corrected chi connectivity index (χ3v) is 4.96. The molecule has 0 aliphatic carbocycles. The number of nitrogens with zero attached hydrogens (tertiary/aromatic N) is 1. The van der Waals surface area contributed by atoms with Crippen LogP contribution >= 0.6 is 0 Å². The zero-order valence-electron chi connectivity index (χ0n) is 17.1. The van der Waals surface area contributed by atoms with Crippen LogP contribution in [0.2, 0.25) is 0 Å². The Bertz CT molecular complexity index is 625. The summed E-state index contributed by atoms with van der Waals surface area (Å²) in [6.07, 6.45) is -0.00837. The number of carbonyl (C=O) groups is 1. The number of anilines is 1. The quantitative estimate of drug-likeness (QED) is 0.843. The molecular weight excluding hydrogens is 330 g/mol. The molecule has 0 aromatic heterocycles. The SMILES string of the molecule is COc1ccc(C(C)(C)C)cc1NC(=O)N[C@H]1CN(C(C)C)C[C@@H]1OC. The second kappa shape index (κ2) is 8.27. The first kappa shape index (κ1) is 20.5. The van der Waals surface area contributed by atoms with Gasteiger partial charge in [-0.25, -0.2) is 4.79 Å². The maximum absolute atomic E-state index is 12.6. The van der Waals surface area contributed by atoms with E-state index in [4.69, 9.17) is 9.47 Å². The summed E-state index contributed by atoms with van der Waals surface area (Å²) in [6.45, 7) is 12.3. The molecule has 1 heterocycles. The van der Waals surface area contributed by atoms with Crippen molar-refractivity contribution in [1.29, 1.82) is 0 Å². The van der Waals surface area contributed by atoms with Crippen molar-refractivity contribution in [3.05, 3.63) is 23.8 Å². The van der Waals surface area contributed by atoms with E-state index in [-0.39, 0.29) is 23.6 Å². The van der Waals surface area contributed by atoms with Crippen molar-refractivity contribution >= 4 is 11.7 Å². The van der Waals surface area contributed by atoms with Crippen molar-refractivity contribution in [3.8, 4) is 5.75 Å². The van der Waals surface area contributed by atoms with Gasteiger partial charge < -0.3 is 20.1 Å². The van der Waals surface area contributed by atoms with E-state index in [1.807, 2.05) is 18.2 Å². The minimum atomic E-state index is -0.244. The molecule has 0 unspecified atom stereocenters. The van der Waals surface area contributed by atoms with Crippen molar-refractivity contribution in [1.82, 2.24) is 10.2 Å². The van der Waals surface area contributed by atoms with Crippen molar-refractivity contribution in [2.75, 3.05) is 32.6 Å². The highest BCUT2D eigenvalue weighted by molar-refractivity contribution is 5.91. The summed E-state index contributed by atoms with van der Waals surface area (Å²) in [6, 6.07) is 6.03. The van der Waals surface area contributed by atoms with Crippen LogP contribution in [0, 0.1) is 0 Å². The van der Waals surface area contributed by atoms with Gasteiger partial charge >= 0.3 is 6.03 Å². The fourth-order valence-electron chi connectivity index (χ4n) is 3.20. The summed E-state index contributed by atoms with van der Waals surface area (Å²) in [4.78, 5) is 14.9. The van der Waals surface area contributed by atoms with Gasteiger partial charge in [0.05, 0.1) is 24.9 Å². The maximum atomic E-state index is 12.6. The van der Waals surface area contributed by atoms with Crippen LogP contribution in [0.4, 0.5) is 10.5 Å². The number of rotatable bonds is 5. The molecule has 0 saturated carbocycles. The number of urea groups is 1. The molecule has 1 aliphatic rings. The lowest BCUT2D eigenvalue weighted by atomic mass is 9.87. The molecular formula is C20H33N3O3. The van der Waals surface area contributed by atoms with Gasteiger partial charge in [-0.05, 0) is 37.0 Å². The number of benzene rings is 1. The average Bonchev–Trinajstić information content (AvgIpc) is 2.97. The summed E-state index contributed by atoms with van der Waals surface area (Å²) < 4.78 is 11.0. The number of hydrogen-bond donors (Lipinski definition) is 2. The molecule has 1 aromatic carbocycles. The van der Waals surface area contributed by atoms with E-state index < -0.39 is 0 Å². The van der Waals surface area contributed by atoms with Gasteiger partial charge in [-0.15, -0.1) is 0 Å². The molecule has 1 fully saturated rings. The molecule has 26 heavy (non-hydrogen) atoms. The van der Waals surface area contributed by atoms with Gasteiger partial charge in [-0.3, -0.25) is 4.90 Å². The Morgan fingerprint density at radius 3 is 2.46 bits per heavy atom. The van der Waals surface area contributed by atoms with Gasteiger partial charge in [0.25, 0.3) is 0 Å². The molecule has 1 saturated heterocycles. The van der Waals surface area contributed by atoms with E-state index in [2.05, 4.69) is 50.2 Å². The van der Waals surface area contributed by atoms with Crippen molar-refractivity contribution in [2.24, 2.45) is 0 Å². The minimum absolute atomic E-state index is 0.00837. The summed E-state index contributed by atoms with van der Waals surface area (Å²) in [5.74, 6) is 0.645. The lowest BCUT2D eigenvalue weighted by Crippen LogP contribution is -2.45. The monoisotopic (exact) mass is 363 g/mol. The van der Waals surface area contributed by atoms with Crippen molar-refractivity contribution in [3.63, 3.8) is 0 Å². The second-order valence-electron chi connectivity index (χ2n) is 8.19. The van der Waals surface area contributed by atoms with E-state index in [0.29, 0.717) is 17.5 Å². The highest BCUT2D eigenvalue weighted by atomic mass is 16.5. The highest BCUT2D eigenvalue weighted by Gasteiger charge is 2.35. The molecule has 2 amide bonds. The first-order valence-corrected chi connectivity index (χ1v) is 9.18. The smallest absolute Gasteiger partial charge is 0.319 e. The molecule has 1 aromatic rings. The number of ether oxygens (including phenoxy) is 2. The molecule has 0 bridgehead atoms. The van der Waals surface area contributed by atoms with Gasteiger partial charge in [0.2, 0.25) is 0 Å². The number of nitrogens with one attached hydrogen (secondary N) is 2. The predicted octanol–water partition coefficient (Wildman–Crippen LogP) is 3.22. The van der Waals surface area contributed by atoms with E-state index in [9.17, 15) is 4.79 Å². The first-order chi connectivity index (χ1) is 12.2. The van der Waals surface area contributed by atoms with Crippen molar-refractivity contribution in [2.45, 2.75) is 58.2 Å². The van der Waals surface area contributed by atoms with Crippen LogP contribution in [-0.4, -0.2) is 56.4 Å². The predicted molar refractivity (Wildman–Crippen MR) is 105 cm³/mol. The summed E-state index contributed by atoms with van der Waals surface area (Å²) in [5, 5.41) is 5.99. The molecule has 146 valence electrons. The fraction of sp³-hybridized carbons (Fsp3) is 0.650. The van der Waals surface area contributed by atoms with Crippen LogP contribution < -0.4 is 15.4 Å². The van der Waals surface area contributed by atoms with Gasteiger partial charge in [-0.1, -0.05) is 26.8 Å². The zero-order valence-corrected chi connectivity index (χ0v) is 17.1. The van der Waals surface area contributed by atoms with E-state index >= 15 is 0 Å². The normalized spacial score (nSPS) is 21.1. The van der Waals surface area contributed by atoms with Gasteiger partial charge in [0.1, 0.15) is 5.75 Å². The summed E-state index contributed by atoms with van der Waals surface area (Å²) in [5.41, 5.74) is 1.80. The summed E-state index contributed by atoms with van der Waals surface area (Å²) >= 11 is 0. The van der Waals surface area contributed by atoms with E-state index in [0.717, 1.165) is 18.7 Å². The Morgan fingerprint density at radius 1 is 1.23 bits per heavy atom. The average molecular weight is 364 g/mol. The fourth-order valence-corrected chi connectivity index (χ4v) is 3.20. The third kappa shape index (κ3) is 4.89. The number of hydrogen-bond acceptors (Lipinski definition) is 4. The highest BCUT2D eigenvalue weighted by Crippen LogP contribution is 2.31. The Morgan fingerprint density at radius 2 is 1.92 bits per heavy atom. The molecule has 6 nitrogen and oxygen atoms in total. The number of likely N-dealkylation sites (tertiary alicyclic amines) is 1. The van der Waals surface area contributed by atoms with Crippen LogP contribution in [0.25, 0.3) is 0 Å². The molecule has 6 heteroatoms. The largest absolute Gasteiger partial charge is 0.495 e. The summed E-state index contributed by atoms with van der Waals surface area (Å²) in [7, 11) is 3.30. The van der Waals surface area contributed by atoms with Gasteiger partial charge in [0, 0.05) is 26.2 Å². The lowest BCUT2D eigenvalue weighted by molar-refractivity contribution is 0.0896. The minimum Gasteiger partial charge on any atom is -0.495 e. The molecule has 0 spiro atoms. The van der Waals surface area contributed by atoms with Crippen LogP contribution in [0.1, 0.15) is 40.2 Å². The Kier molecular flexibility index (Phi) is 6.53. The Balaban J connectivity index is 2.09. The van der Waals surface area contributed by atoms with E-state index in [1.165, 1.54) is 0 Å². The number of methoxy groups -OCH3 is 2. The van der Waals surface area contributed by atoms with Gasteiger partial charge in [-0.2, -0.15) is 0 Å². The third-order valence-electron chi connectivity index (χ3n) is 4.96. The zero-order chi connectivity index (χ0) is 19.5. The Hall–Kier alpha value is -1.79. The van der Waals surface area contributed by atoms with Crippen LogP contribution in [0.5, 0.6) is 5.75 Å². The van der Waals surface area contributed by atoms with E-state index in [1.54, 1.807) is 14.2 Å². The second-order valence-corrected chi connectivity index (χ2v) is 8.19. The standard InChI is InChI=1S/C20H33N3O3/c1-13(2)23-11-16(18(12-23)26-7)22-19(24)21-15-10-14(20(3,4)5)8-9-17(15)25-6/h8-10,13,16,18H,11-12H2,1-7H3,(H2,21,22,24)/t16-,18-/m0/s1. The lowest BCUT2D eigenvalue weighted by Gasteiger charge is -2.22. The molecule has 2 rings (SSSR count). The van der Waals surface area contributed by atoms with Crippen LogP contribution in [0.3, 0.4) is 0 Å².